The van der Waals surface area contributed by atoms with Crippen LogP contribution < -0.4 is 0 Å². The average Bonchev–Trinajstić information content (AvgIpc) is 2.02. The summed E-state index contributed by atoms with van der Waals surface area (Å²) in [7, 11) is 0. The number of benzene rings is 1. The third-order valence-electron chi connectivity index (χ3n) is 1.70. The minimum absolute atomic E-state index is 0.0981. The maximum Gasteiger partial charge on any atom is 0.264 e. The minimum atomic E-state index is -2.55. The molecule has 0 atom stereocenters. The SMILES string of the molecule is CC(=O)c1cc(C(F)F)c(I)cc1Br. The van der Waals surface area contributed by atoms with Gasteiger partial charge in [-0.2, -0.15) is 0 Å². The Kier molecular flexibility index (Phi) is 4.00. The zero-order chi connectivity index (χ0) is 10.9. The third-order valence-corrected chi connectivity index (χ3v) is 3.29. The van der Waals surface area contributed by atoms with Crippen LogP contribution in [-0.2, 0) is 0 Å². The molecule has 1 aromatic rings. The summed E-state index contributed by atoms with van der Waals surface area (Å²) in [5.74, 6) is -0.227. The van der Waals surface area contributed by atoms with E-state index in [1.54, 1.807) is 0 Å². The second-order valence-electron chi connectivity index (χ2n) is 2.71. The molecule has 5 heteroatoms. The summed E-state index contributed by atoms with van der Waals surface area (Å²) in [6.45, 7) is 1.35. The molecule has 0 radical (unpaired) electrons. The number of carbonyl (C=O) groups is 1. The van der Waals surface area contributed by atoms with Crippen LogP contribution in [0, 0.1) is 3.57 Å². The van der Waals surface area contributed by atoms with Gasteiger partial charge in [0.05, 0.1) is 0 Å². The third kappa shape index (κ3) is 2.50. The summed E-state index contributed by atoms with van der Waals surface area (Å²) in [6.07, 6.45) is -2.55. The average molecular weight is 375 g/mol. The number of rotatable bonds is 2. The molecule has 0 aliphatic rings. The molecule has 0 unspecified atom stereocenters. The van der Waals surface area contributed by atoms with E-state index >= 15 is 0 Å². The Morgan fingerprint density at radius 1 is 1.50 bits per heavy atom. The van der Waals surface area contributed by atoms with Crippen LogP contribution in [-0.4, -0.2) is 5.78 Å². The molecule has 14 heavy (non-hydrogen) atoms. The Hall–Kier alpha value is -0.0400. The van der Waals surface area contributed by atoms with Gasteiger partial charge in [-0.3, -0.25) is 4.79 Å². The van der Waals surface area contributed by atoms with Crippen LogP contribution in [0.4, 0.5) is 8.78 Å². The normalized spacial score (nSPS) is 10.7. The Balaban J connectivity index is 3.34. The van der Waals surface area contributed by atoms with Crippen molar-refractivity contribution < 1.29 is 13.6 Å². The summed E-state index contributed by atoms with van der Waals surface area (Å²) in [5.41, 5.74) is 0.194. The molecule has 0 heterocycles. The lowest BCUT2D eigenvalue weighted by molar-refractivity contribution is 0.101. The van der Waals surface area contributed by atoms with E-state index in [1.165, 1.54) is 19.1 Å². The van der Waals surface area contributed by atoms with Crippen LogP contribution in [0.15, 0.2) is 16.6 Å². The first-order valence-electron chi connectivity index (χ1n) is 3.71. The van der Waals surface area contributed by atoms with Gasteiger partial charge in [0.1, 0.15) is 0 Å². The fraction of sp³-hybridized carbons (Fsp3) is 0.222. The van der Waals surface area contributed by atoms with Crippen LogP contribution in [0.1, 0.15) is 29.3 Å². The van der Waals surface area contributed by atoms with Crippen molar-refractivity contribution in [1.82, 2.24) is 0 Å². The molecule has 0 amide bonds. The van der Waals surface area contributed by atoms with Gasteiger partial charge in [-0.1, -0.05) is 15.9 Å². The van der Waals surface area contributed by atoms with Crippen LogP contribution in [0.5, 0.6) is 0 Å². The monoisotopic (exact) mass is 374 g/mol. The second-order valence-corrected chi connectivity index (χ2v) is 4.73. The quantitative estimate of drug-likeness (QED) is 0.560. The molecular weight excluding hydrogens is 369 g/mol. The lowest BCUT2D eigenvalue weighted by Gasteiger charge is -2.07. The maximum absolute atomic E-state index is 12.5. The topological polar surface area (TPSA) is 17.1 Å². The summed E-state index contributed by atoms with van der Waals surface area (Å²) < 4.78 is 26.0. The van der Waals surface area contributed by atoms with Gasteiger partial charge in [0.15, 0.2) is 5.78 Å². The number of Topliss-reactive ketones (excluding diaryl/α,β-unsaturated/α-hetero) is 1. The molecule has 0 bridgehead atoms. The predicted molar refractivity (Wildman–Crippen MR) is 61.8 cm³/mol. The van der Waals surface area contributed by atoms with E-state index in [-0.39, 0.29) is 11.3 Å². The molecule has 1 rings (SSSR count). The van der Waals surface area contributed by atoms with Gasteiger partial charge in [0.25, 0.3) is 6.43 Å². The molecule has 0 N–H and O–H groups in total. The van der Waals surface area contributed by atoms with E-state index in [1.807, 2.05) is 22.6 Å². The highest BCUT2D eigenvalue weighted by Gasteiger charge is 2.16. The summed E-state index contributed by atoms with van der Waals surface area (Å²) in [4.78, 5) is 11.1. The number of hydrogen-bond acceptors (Lipinski definition) is 1. The fourth-order valence-corrected chi connectivity index (χ4v) is 2.76. The van der Waals surface area contributed by atoms with Crippen molar-refractivity contribution in [3.8, 4) is 0 Å². The smallest absolute Gasteiger partial charge is 0.264 e. The highest BCUT2D eigenvalue weighted by Crippen LogP contribution is 2.30. The van der Waals surface area contributed by atoms with Crippen molar-refractivity contribution in [2.45, 2.75) is 13.3 Å². The molecule has 1 aromatic carbocycles. The van der Waals surface area contributed by atoms with Crippen LogP contribution in [0.25, 0.3) is 0 Å². The summed E-state index contributed by atoms with van der Waals surface area (Å²) in [5, 5.41) is 0. The molecule has 0 aliphatic carbocycles. The number of ketones is 1. The first-order chi connectivity index (χ1) is 6.43. The first-order valence-corrected chi connectivity index (χ1v) is 5.58. The Morgan fingerprint density at radius 3 is 2.50 bits per heavy atom. The maximum atomic E-state index is 12.5. The lowest BCUT2D eigenvalue weighted by Crippen LogP contribution is -1.98. The van der Waals surface area contributed by atoms with Gasteiger partial charge in [0, 0.05) is 19.2 Å². The van der Waals surface area contributed by atoms with Crippen molar-refractivity contribution in [3.05, 3.63) is 31.3 Å². The molecule has 0 saturated heterocycles. The Morgan fingerprint density at radius 2 is 2.07 bits per heavy atom. The standard InChI is InChI=1S/C9H6BrF2IO/c1-4(14)5-2-6(9(11)12)8(13)3-7(5)10/h2-3,9H,1H3. The van der Waals surface area contributed by atoms with Crippen molar-refractivity contribution in [2.75, 3.05) is 0 Å². The van der Waals surface area contributed by atoms with Gasteiger partial charge in [-0.25, -0.2) is 8.78 Å². The zero-order valence-electron chi connectivity index (χ0n) is 7.15. The molecule has 76 valence electrons. The van der Waals surface area contributed by atoms with Crippen molar-refractivity contribution in [3.63, 3.8) is 0 Å². The van der Waals surface area contributed by atoms with E-state index < -0.39 is 6.43 Å². The van der Waals surface area contributed by atoms with E-state index in [4.69, 9.17) is 0 Å². The highest BCUT2D eigenvalue weighted by molar-refractivity contribution is 14.1. The van der Waals surface area contributed by atoms with Crippen LogP contribution in [0.2, 0.25) is 0 Å². The van der Waals surface area contributed by atoms with Gasteiger partial charge in [-0.05, 0) is 41.6 Å². The Labute approximate surface area is 102 Å². The number of alkyl halides is 2. The number of carbonyl (C=O) groups excluding carboxylic acids is 1. The van der Waals surface area contributed by atoms with Crippen molar-refractivity contribution >= 4 is 44.3 Å². The molecule has 0 aromatic heterocycles. The molecule has 1 nitrogen and oxygen atoms in total. The first kappa shape index (κ1) is 12.0. The number of halogens is 4. The van der Waals surface area contributed by atoms with Crippen LogP contribution in [0.3, 0.4) is 0 Å². The summed E-state index contributed by atoms with van der Waals surface area (Å²) in [6, 6.07) is 2.76. The van der Waals surface area contributed by atoms with E-state index in [2.05, 4.69) is 15.9 Å². The Bertz CT molecular complexity index is 379. The van der Waals surface area contributed by atoms with Gasteiger partial charge >= 0.3 is 0 Å². The van der Waals surface area contributed by atoms with Gasteiger partial charge < -0.3 is 0 Å². The van der Waals surface area contributed by atoms with E-state index in [0.29, 0.717) is 13.6 Å². The van der Waals surface area contributed by atoms with Gasteiger partial charge in [-0.15, -0.1) is 0 Å². The number of hydrogen-bond donors (Lipinski definition) is 0. The minimum Gasteiger partial charge on any atom is -0.294 e. The summed E-state index contributed by atoms with van der Waals surface area (Å²) >= 11 is 4.98. The predicted octanol–water partition coefficient (Wildman–Crippen LogP) is 4.19. The van der Waals surface area contributed by atoms with Crippen LogP contribution >= 0.6 is 38.5 Å². The van der Waals surface area contributed by atoms with Crippen molar-refractivity contribution in [1.29, 1.82) is 0 Å². The fourth-order valence-electron chi connectivity index (χ4n) is 1.00. The molecule has 0 spiro atoms. The molecule has 0 saturated carbocycles. The zero-order valence-corrected chi connectivity index (χ0v) is 10.9. The molecular formula is C9H6BrF2IO. The largest absolute Gasteiger partial charge is 0.294 e. The van der Waals surface area contributed by atoms with E-state index in [9.17, 15) is 13.6 Å². The lowest BCUT2D eigenvalue weighted by atomic mass is 10.1. The molecule has 0 aliphatic heterocycles. The highest BCUT2D eigenvalue weighted by atomic mass is 127. The molecule has 0 fully saturated rings. The second kappa shape index (κ2) is 4.65. The van der Waals surface area contributed by atoms with E-state index in [0.717, 1.165) is 0 Å². The van der Waals surface area contributed by atoms with Crippen molar-refractivity contribution in [2.24, 2.45) is 0 Å². The van der Waals surface area contributed by atoms with Gasteiger partial charge in [0.2, 0.25) is 0 Å².